The number of carbonyl (C=O) groups is 3. The molecule has 3 amide bonds. The quantitative estimate of drug-likeness (QED) is 0.845. The standard InChI is InChI=1S/C20H17N3O3/c1-20(2,3)23-18(25)15-9-6-13(10-16(15)19(23)26)17(24)22-14-7-4-12(11-21)5-8-14/h4-10H,1-3H3,(H,22,24). The average Bonchev–Trinajstić information content (AvgIpc) is 2.86. The number of anilines is 1. The number of carbonyl (C=O) groups excluding carboxylic acids is 3. The van der Waals surface area contributed by atoms with Gasteiger partial charge in [-0.3, -0.25) is 19.3 Å². The molecule has 0 saturated heterocycles. The van der Waals surface area contributed by atoms with Crippen LogP contribution >= 0.6 is 0 Å². The number of fused-ring (bicyclic) bond motifs is 1. The van der Waals surface area contributed by atoms with E-state index in [-0.39, 0.29) is 17.0 Å². The van der Waals surface area contributed by atoms with E-state index in [1.54, 1.807) is 45.0 Å². The lowest BCUT2D eigenvalue weighted by molar-refractivity contribution is 0.0507. The van der Waals surface area contributed by atoms with Crippen LogP contribution in [0.3, 0.4) is 0 Å². The van der Waals surface area contributed by atoms with Gasteiger partial charge in [0.25, 0.3) is 17.7 Å². The Morgan fingerprint density at radius 1 is 1.00 bits per heavy atom. The number of nitrogens with zero attached hydrogens (tertiary/aromatic N) is 2. The maximum absolute atomic E-state index is 12.6. The first-order valence-electron chi connectivity index (χ1n) is 8.07. The van der Waals surface area contributed by atoms with Gasteiger partial charge in [0.1, 0.15) is 0 Å². The molecule has 26 heavy (non-hydrogen) atoms. The van der Waals surface area contributed by atoms with E-state index in [9.17, 15) is 14.4 Å². The highest BCUT2D eigenvalue weighted by Gasteiger charge is 2.42. The van der Waals surface area contributed by atoms with E-state index in [0.29, 0.717) is 16.8 Å². The molecule has 0 aromatic heterocycles. The fourth-order valence-electron chi connectivity index (χ4n) is 2.82. The fraction of sp³-hybridized carbons (Fsp3) is 0.200. The number of amides is 3. The summed E-state index contributed by atoms with van der Waals surface area (Å²) >= 11 is 0. The van der Waals surface area contributed by atoms with Crippen molar-refractivity contribution in [2.24, 2.45) is 0 Å². The number of imide groups is 1. The lowest BCUT2D eigenvalue weighted by Crippen LogP contribution is -2.45. The van der Waals surface area contributed by atoms with Crippen molar-refractivity contribution in [1.29, 1.82) is 5.26 Å². The Labute approximate surface area is 151 Å². The smallest absolute Gasteiger partial charge is 0.262 e. The Morgan fingerprint density at radius 3 is 2.19 bits per heavy atom. The molecule has 6 nitrogen and oxygen atoms in total. The third kappa shape index (κ3) is 2.95. The maximum atomic E-state index is 12.6. The van der Waals surface area contributed by atoms with Crippen molar-refractivity contribution in [3.8, 4) is 6.07 Å². The van der Waals surface area contributed by atoms with Crippen LogP contribution < -0.4 is 5.32 Å². The topological polar surface area (TPSA) is 90.3 Å². The van der Waals surface area contributed by atoms with Crippen molar-refractivity contribution in [1.82, 2.24) is 4.90 Å². The van der Waals surface area contributed by atoms with Crippen LogP contribution in [0.25, 0.3) is 0 Å². The summed E-state index contributed by atoms with van der Waals surface area (Å²) in [4.78, 5) is 38.7. The van der Waals surface area contributed by atoms with Crippen LogP contribution in [0.2, 0.25) is 0 Å². The summed E-state index contributed by atoms with van der Waals surface area (Å²) in [6.07, 6.45) is 0. The van der Waals surface area contributed by atoms with Gasteiger partial charge in [-0.2, -0.15) is 5.26 Å². The average molecular weight is 347 g/mol. The second-order valence-corrected chi connectivity index (χ2v) is 7.02. The van der Waals surface area contributed by atoms with Crippen LogP contribution in [0, 0.1) is 11.3 Å². The molecular weight excluding hydrogens is 330 g/mol. The van der Waals surface area contributed by atoms with E-state index in [1.807, 2.05) is 6.07 Å². The SMILES string of the molecule is CC(C)(C)N1C(=O)c2ccc(C(=O)Nc3ccc(C#N)cc3)cc2C1=O. The molecule has 0 spiro atoms. The van der Waals surface area contributed by atoms with Crippen molar-refractivity contribution < 1.29 is 14.4 Å². The lowest BCUT2D eigenvalue weighted by atomic mass is 10.1. The predicted octanol–water partition coefficient (Wildman–Crippen LogP) is 3.21. The van der Waals surface area contributed by atoms with Gasteiger partial charge < -0.3 is 5.32 Å². The third-order valence-electron chi connectivity index (χ3n) is 4.09. The third-order valence-corrected chi connectivity index (χ3v) is 4.09. The zero-order valence-electron chi connectivity index (χ0n) is 14.7. The monoisotopic (exact) mass is 347 g/mol. The number of rotatable bonds is 2. The van der Waals surface area contributed by atoms with Gasteiger partial charge >= 0.3 is 0 Å². The highest BCUT2D eigenvalue weighted by atomic mass is 16.2. The molecular formula is C20H17N3O3. The minimum absolute atomic E-state index is 0.234. The minimum Gasteiger partial charge on any atom is -0.322 e. The Balaban J connectivity index is 1.87. The summed E-state index contributed by atoms with van der Waals surface area (Å²) in [5.74, 6) is -1.14. The van der Waals surface area contributed by atoms with E-state index in [1.165, 1.54) is 23.1 Å². The molecule has 0 unspecified atom stereocenters. The molecule has 3 rings (SSSR count). The van der Waals surface area contributed by atoms with Crippen molar-refractivity contribution in [2.75, 3.05) is 5.32 Å². The van der Waals surface area contributed by atoms with Gasteiger partial charge in [0.05, 0.1) is 22.8 Å². The maximum Gasteiger partial charge on any atom is 0.262 e. The molecule has 130 valence electrons. The zero-order chi connectivity index (χ0) is 19.1. The van der Waals surface area contributed by atoms with E-state index in [0.717, 1.165) is 0 Å². The van der Waals surface area contributed by atoms with Crippen molar-refractivity contribution in [3.63, 3.8) is 0 Å². The summed E-state index contributed by atoms with van der Waals surface area (Å²) in [6, 6.07) is 12.9. The van der Waals surface area contributed by atoms with Gasteiger partial charge in [-0.05, 0) is 63.2 Å². The first-order chi connectivity index (χ1) is 12.2. The number of nitrogens with one attached hydrogen (secondary N) is 1. The Morgan fingerprint density at radius 2 is 1.62 bits per heavy atom. The lowest BCUT2D eigenvalue weighted by Gasteiger charge is -2.29. The molecule has 1 heterocycles. The van der Waals surface area contributed by atoms with Crippen molar-refractivity contribution in [3.05, 3.63) is 64.7 Å². The normalized spacial score (nSPS) is 13.4. The number of hydrogen-bond donors (Lipinski definition) is 1. The van der Waals surface area contributed by atoms with Gasteiger partial charge in [-0.25, -0.2) is 0 Å². The van der Waals surface area contributed by atoms with Gasteiger partial charge in [0.2, 0.25) is 0 Å². The summed E-state index contributed by atoms with van der Waals surface area (Å²) in [5, 5.41) is 11.5. The first kappa shape index (κ1) is 17.4. The molecule has 2 aromatic carbocycles. The molecule has 0 radical (unpaired) electrons. The van der Waals surface area contributed by atoms with Crippen molar-refractivity contribution in [2.45, 2.75) is 26.3 Å². The number of benzene rings is 2. The molecule has 0 aliphatic carbocycles. The van der Waals surface area contributed by atoms with Crippen LogP contribution in [0.1, 0.15) is 57.4 Å². The molecule has 0 atom stereocenters. The van der Waals surface area contributed by atoms with E-state index in [4.69, 9.17) is 5.26 Å². The second-order valence-electron chi connectivity index (χ2n) is 7.02. The molecule has 6 heteroatoms. The molecule has 0 saturated carbocycles. The van der Waals surface area contributed by atoms with E-state index in [2.05, 4.69) is 5.32 Å². The summed E-state index contributed by atoms with van der Waals surface area (Å²) < 4.78 is 0. The van der Waals surface area contributed by atoms with Crippen LogP contribution in [0.15, 0.2) is 42.5 Å². The van der Waals surface area contributed by atoms with Gasteiger partial charge in [0, 0.05) is 16.8 Å². The van der Waals surface area contributed by atoms with Gasteiger partial charge in [0.15, 0.2) is 0 Å². The van der Waals surface area contributed by atoms with E-state index >= 15 is 0 Å². The zero-order valence-corrected chi connectivity index (χ0v) is 14.7. The highest BCUT2D eigenvalue weighted by molar-refractivity contribution is 6.22. The van der Waals surface area contributed by atoms with Crippen LogP contribution in [0.4, 0.5) is 5.69 Å². The molecule has 0 fully saturated rings. The highest BCUT2D eigenvalue weighted by Crippen LogP contribution is 2.30. The second kappa shape index (κ2) is 6.12. The Hall–Kier alpha value is -3.46. The minimum atomic E-state index is -0.641. The summed E-state index contributed by atoms with van der Waals surface area (Å²) in [7, 11) is 0. The molecule has 0 bridgehead atoms. The van der Waals surface area contributed by atoms with Crippen LogP contribution in [0.5, 0.6) is 0 Å². The van der Waals surface area contributed by atoms with Crippen LogP contribution in [-0.2, 0) is 0 Å². The van der Waals surface area contributed by atoms with Gasteiger partial charge in [-0.15, -0.1) is 0 Å². The molecule has 1 aliphatic heterocycles. The van der Waals surface area contributed by atoms with E-state index < -0.39 is 17.4 Å². The van der Waals surface area contributed by atoms with Crippen LogP contribution in [-0.4, -0.2) is 28.2 Å². The number of nitriles is 1. The Kier molecular flexibility index (Phi) is 4.09. The van der Waals surface area contributed by atoms with Crippen molar-refractivity contribution >= 4 is 23.4 Å². The molecule has 1 aliphatic rings. The predicted molar refractivity (Wildman–Crippen MR) is 95.8 cm³/mol. The molecule has 2 aromatic rings. The fourth-order valence-corrected chi connectivity index (χ4v) is 2.82. The summed E-state index contributed by atoms with van der Waals surface area (Å²) in [6.45, 7) is 5.35. The number of hydrogen-bond acceptors (Lipinski definition) is 4. The van der Waals surface area contributed by atoms with Gasteiger partial charge in [-0.1, -0.05) is 0 Å². The largest absolute Gasteiger partial charge is 0.322 e. The Bertz CT molecular complexity index is 963. The summed E-state index contributed by atoms with van der Waals surface area (Å²) in [5.41, 5.74) is 1.21. The first-order valence-corrected chi connectivity index (χ1v) is 8.07. The molecule has 1 N–H and O–H groups in total.